The summed E-state index contributed by atoms with van der Waals surface area (Å²) in [6, 6.07) is 39.9. The monoisotopic (exact) mass is 703 g/mol. The van der Waals surface area contributed by atoms with Gasteiger partial charge in [0.25, 0.3) is 0 Å². The van der Waals surface area contributed by atoms with Crippen molar-refractivity contribution >= 4 is 35.1 Å². The van der Waals surface area contributed by atoms with Crippen molar-refractivity contribution in [2.75, 3.05) is 16.4 Å². The standard InChI is InChI=1S/C41H41N3O6S/c1-27-38(26-51-37-22-18-33(19-23-37)43-28(2)46)49-40(50-39(27)31-12-10-30(25-45)11-13-31)32-14-8-29(9-15-32)24-42-41(47)44-34-16-20-36(21-17-34)48-35-6-4-3-5-7-35/h3-23,27,38-40,45H,24-26H2,1-2H3,(H,43,46)(H2,42,44,47)/t27-,38+,39+,40+/m0/s1. The van der Waals surface area contributed by atoms with Crippen molar-refractivity contribution in [1.29, 1.82) is 0 Å². The van der Waals surface area contributed by atoms with Crippen molar-refractivity contribution in [3.05, 3.63) is 150 Å². The molecule has 0 saturated carbocycles. The van der Waals surface area contributed by atoms with Crippen LogP contribution in [-0.2, 0) is 27.4 Å². The zero-order valence-electron chi connectivity index (χ0n) is 28.5. The van der Waals surface area contributed by atoms with Gasteiger partial charge in [0.05, 0.1) is 18.8 Å². The lowest BCUT2D eigenvalue weighted by Gasteiger charge is -2.41. The van der Waals surface area contributed by atoms with E-state index in [0.717, 1.165) is 38.6 Å². The molecule has 9 nitrogen and oxygen atoms in total. The smallest absolute Gasteiger partial charge is 0.319 e. The van der Waals surface area contributed by atoms with E-state index >= 15 is 0 Å². The Balaban J connectivity index is 1.07. The van der Waals surface area contributed by atoms with E-state index in [1.54, 1.807) is 23.9 Å². The van der Waals surface area contributed by atoms with E-state index in [1.807, 2.05) is 115 Å². The molecule has 5 aromatic rings. The molecular weight excluding hydrogens is 663 g/mol. The Morgan fingerprint density at radius 2 is 1.33 bits per heavy atom. The van der Waals surface area contributed by atoms with Crippen LogP contribution in [-0.4, -0.2) is 28.9 Å². The van der Waals surface area contributed by atoms with Crippen LogP contribution in [0.5, 0.6) is 11.5 Å². The molecule has 1 heterocycles. The summed E-state index contributed by atoms with van der Waals surface area (Å²) in [7, 11) is 0. The lowest BCUT2D eigenvalue weighted by atomic mass is 9.91. The topological polar surface area (TPSA) is 118 Å². The average Bonchev–Trinajstić information content (AvgIpc) is 3.15. The van der Waals surface area contributed by atoms with Crippen molar-refractivity contribution in [2.24, 2.45) is 5.92 Å². The molecular formula is C41H41N3O6S. The third-order valence-corrected chi connectivity index (χ3v) is 9.61. The molecule has 5 aromatic carbocycles. The second-order valence-corrected chi connectivity index (χ2v) is 13.4. The molecule has 10 heteroatoms. The highest BCUT2D eigenvalue weighted by atomic mass is 32.2. The van der Waals surface area contributed by atoms with Gasteiger partial charge in [-0.05, 0) is 77.4 Å². The number of para-hydroxylation sites is 1. The molecule has 4 N–H and O–H groups in total. The summed E-state index contributed by atoms with van der Waals surface area (Å²) < 4.78 is 19.0. The first-order valence-electron chi connectivity index (χ1n) is 16.8. The first-order valence-corrected chi connectivity index (χ1v) is 17.8. The Bertz CT molecular complexity index is 1870. The molecule has 3 amide bonds. The normalized spacial score (nSPS) is 18.4. The molecule has 1 fully saturated rings. The fourth-order valence-corrected chi connectivity index (χ4v) is 6.77. The Morgan fingerprint density at radius 1 is 0.725 bits per heavy atom. The highest BCUT2D eigenvalue weighted by molar-refractivity contribution is 7.99. The summed E-state index contributed by atoms with van der Waals surface area (Å²) in [5.41, 5.74) is 5.07. The molecule has 6 rings (SSSR count). The fraction of sp³-hybridized carbons (Fsp3) is 0.220. The number of urea groups is 1. The Labute approximate surface area is 302 Å². The number of nitrogens with one attached hydrogen (secondary N) is 3. The second kappa shape index (κ2) is 17.2. The quantitative estimate of drug-likeness (QED) is 0.0960. The van der Waals surface area contributed by atoms with Crippen LogP contribution in [0.1, 0.15) is 48.5 Å². The zero-order valence-corrected chi connectivity index (χ0v) is 29.3. The van der Waals surface area contributed by atoms with Crippen molar-refractivity contribution in [3.8, 4) is 11.5 Å². The van der Waals surface area contributed by atoms with Crippen LogP contribution in [0, 0.1) is 5.92 Å². The average molecular weight is 704 g/mol. The van der Waals surface area contributed by atoms with Crippen LogP contribution in [0.2, 0.25) is 0 Å². The van der Waals surface area contributed by atoms with Crippen LogP contribution < -0.4 is 20.7 Å². The van der Waals surface area contributed by atoms with Crippen LogP contribution in [0.3, 0.4) is 0 Å². The zero-order chi connectivity index (χ0) is 35.6. The molecule has 262 valence electrons. The van der Waals surface area contributed by atoms with E-state index in [1.165, 1.54) is 6.92 Å². The molecule has 0 radical (unpaired) electrons. The Kier molecular flexibility index (Phi) is 12.0. The molecule has 1 aliphatic heterocycles. The number of amides is 3. The SMILES string of the molecule is CC(=O)Nc1ccc(SC[C@H]2O[C@@H](c3ccc(CNC(=O)Nc4ccc(Oc5ccccc5)cc4)cc3)O[C@@H](c3ccc(CO)cc3)[C@H]2C)cc1. The molecule has 4 atom stereocenters. The molecule has 1 saturated heterocycles. The summed E-state index contributed by atoms with van der Waals surface area (Å²) in [4.78, 5) is 25.1. The van der Waals surface area contributed by atoms with Gasteiger partial charge in [0.2, 0.25) is 5.91 Å². The maximum atomic E-state index is 12.7. The van der Waals surface area contributed by atoms with Gasteiger partial charge in [0.1, 0.15) is 11.5 Å². The third kappa shape index (κ3) is 9.99. The first-order chi connectivity index (χ1) is 24.8. The van der Waals surface area contributed by atoms with Crippen molar-refractivity contribution in [3.63, 3.8) is 0 Å². The number of rotatable bonds is 12. The van der Waals surface area contributed by atoms with Gasteiger partial charge in [-0.3, -0.25) is 4.79 Å². The number of carbonyl (C=O) groups is 2. The number of aliphatic hydroxyl groups is 1. The van der Waals surface area contributed by atoms with E-state index in [9.17, 15) is 14.7 Å². The maximum Gasteiger partial charge on any atom is 0.319 e. The number of benzene rings is 5. The molecule has 0 aliphatic carbocycles. The summed E-state index contributed by atoms with van der Waals surface area (Å²) in [5, 5.41) is 18.1. The lowest BCUT2D eigenvalue weighted by molar-refractivity contribution is -0.268. The number of hydrogen-bond acceptors (Lipinski definition) is 7. The molecule has 0 bridgehead atoms. The van der Waals surface area contributed by atoms with E-state index in [-0.39, 0.29) is 36.7 Å². The minimum Gasteiger partial charge on any atom is -0.457 e. The molecule has 0 spiro atoms. The van der Waals surface area contributed by atoms with Crippen LogP contribution >= 0.6 is 11.8 Å². The van der Waals surface area contributed by atoms with Gasteiger partial charge in [-0.25, -0.2) is 4.79 Å². The predicted octanol–water partition coefficient (Wildman–Crippen LogP) is 8.84. The number of carbonyl (C=O) groups excluding carboxylic acids is 2. The fourth-order valence-electron chi connectivity index (χ4n) is 5.71. The van der Waals surface area contributed by atoms with Gasteiger partial charge in [0.15, 0.2) is 6.29 Å². The van der Waals surface area contributed by atoms with E-state index in [2.05, 4.69) is 22.9 Å². The van der Waals surface area contributed by atoms with Crippen molar-refractivity contribution in [1.82, 2.24) is 5.32 Å². The van der Waals surface area contributed by atoms with Crippen molar-refractivity contribution < 1.29 is 28.9 Å². The number of aliphatic hydroxyl groups excluding tert-OH is 1. The highest BCUT2D eigenvalue weighted by Gasteiger charge is 2.38. The van der Waals surface area contributed by atoms with E-state index < -0.39 is 6.29 Å². The number of hydrogen-bond donors (Lipinski definition) is 4. The van der Waals surface area contributed by atoms with Gasteiger partial charge in [-0.15, -0.1) is 11.8 Å². The first kappa shape index (κ1) is 35.7. The third-order valence-electron chi connectivity index (χ3n) is 8.51. The number of ether oxygens (including phenoxy) is 3. The summed E-state index contributed by atoms with van der Waals surface area (Å²) >= 11 is 1.69. The molecule has 51 heavy (non-hydrogen) atoms. The van der Waals surface area contributed by atoms with Gasteiger partial charge < -0.3 is 35.3 Å². The summed E-state index contributed by atoms with van der Waals surface area (Å²) in [5.74, 6) is 2.06. The summed E-state index contributed by atoms with van der Waals surface area (Å²) in [6.45, 7) is 3.95. The molecule has 0 unspecified atom stereocenters. The van der Waals surface area contributed by atoms with Gasteiger partial charge in [-0.2, -0.15) is 0 Å². The lowest BCUT2D eigenvalue weighted by Crippen LogP contribution is -2.38. The van der Waals surface area contributed by atoms with Crippen LogP contribution in [0.15, 0.2) is 132 Å². The number of anilines is 2. The highest BCUT2D eigenvalue weighted by Crippen LogP contribution is 2.43. The van der Waals surface area contributed by atoms with E-state index in [0.29, 0.717) is 23.7 Å². The number of thioether (sulfide) groups is 1. The maximum absolute atomic E-state index is 12.7. The van der Waals surface area contributed by atoms with Gasteiger partial charge >= 0.3 is 6.03 Å². The molecule has 1 aliphatic rings. The predicted molar refractivity (Wildman–Crippen MR) is 200 cm³/mol. The van der Waals surface area contributed by atoms with Crippen LogP contribution in [0.4, 0.5) is 16.2 Å². The largest absolute Gasteiger partial charge is 0.457 e. The van der Waals surface area contributed by atoms with Crippen LogP contribution in [0.25, 0.3) is 0 Å². The Hall–Kier alpha value is -5.13. The second-order valence-electron chi connectivity index (χ2n) is 12.3. The van der Waals surface area contributed by atoms with Crippen molar-refractivity contribution in [2.45, 2.75) is 50.4 Å². The minimum atomic E-state index is -0.601. The van der Waals surface area contributed by atoms with Gasteiger partial charge in [-0.1, -0.05) is 73.7 Å². The minimum absolute atomic E-state index is 0.0202. The summed E-state index contributed by atoms with van der Waals surface area (Å²) in [6.07, 6.45) is -0.959. The van der Waals surface area contributed by atoms with E-state index in [4.69, 9.17) is 14.2 Å². The van der Waals surface area contributed by atoms with Gasteiger partial charge in [0, 0.05) is 47.0 Å². The molecule has 0 aromatic heterocycles. The Morgan fingerprint density at radius 3 is 2.00 bits per heavy atom.